The van der Waals surface area contributed by atoms with Crippen LogP contribution in [0.5, 0.6) is 0 Å². The second-order valence-electron chi connectivity index (χ2n) is 4.76. The Labute approximate surface area is 123 Å². The van der Waals surface area contributed by atoms with E-state index in [-0.39, 0.29) is 5.91 Å². The normalized spacial score (nSPS) is 15.6. The van der Waals surface area contributed by atoms with E-state index < -0.39 is 0 Å². The fourth-order valence-corrected chi connectivity index (χ4v) is 2.63. The highest BCUT2D eigenvalue weighted by molar-refractivity contribution is 6.42. The maximum absolute atomic E-state index is 11.9. The van der Waals surface area contributed by atoms with Crippen LogP contribution in [0.25, 0.3) is 0 Å². The molecule has 0 radical (unpaired) electrons. The van der Waals surface area contributed by atoms with Crippen LogP contribution in [0.4, 0.5) is 0 Å². The van der Waals surface area contributed by atoms with E-state index in [0.717, 1.165) is 31.5 Å². The summed E-state index contributed by atoms with van der Waals surface area (Å²) in [7, 11) is 0. The number of carbonyl (C=O) groups excluding carboxylic acids is 1. The highest BCUT2D eigenvalue weighted by Gasteiger charge is 2.15. The fourth-order valence-electron chi connectivity index (χ4n) is 2.24. The Hall–Kier alpha value is -0.770. The van der Waals surface area contributed by atoms with Crippen LogP contribution in [0, 0.1) is 0 Å². The summed E-state index contributed by atoms with van der Waals surface area (Å²) in [5, 5.41) is 4.23. The molecule has 1 aliphatic rings. The monoisotopic (exact) mass is 300 g/mol. The van der Waals surface area contributed by atoms with Crippen LogP contribution in [-0.4, -0.2) is 30.4 Å². The van der Waals surface area contributed by atoms with Crippen LogP contribution in [0.1, 0.15) is 24.8 Å². The summed E-state index contributed by atoms with van der Waals surface area (Å²) in [4.78, 5) is 13.9. The highest BCUT2D eigenvalue weighted by atomic mass is 35.5. The lowest BCUT2D eigenvalue weighted by atomic mass is 10.1. The SMILES string of the molecule is O=C(CNCc1cccc(Cl)c1Cl)N1CCCCC1. The largest absolute Gasteiger partial charge is 0.342 e. The van der Waals surface area contributed by atoms with E-state index in [0.29, 0.717) is 23.1 Å². The summed E-state index contributed by atoms with van der Waals surface area (Å²) >= 11 is 12.0. The Balaban J connectivity index is 1.79. The van der Waals surface area contributed by atoms with Gasteiger partial charge in [-0.3, -0.25) is 4.79 Å². The van der Waals surface area contributed by atoms with Crippen molar-refractivity contribution in [3.05, 3.63) is 33.8 Å². The first-order valence-electron chi connectivity index (χ1n) is 6.60. The molecule has 0 unspecified atom stereocenters. The van der Waals surface area contributed by atoms with Crippen molar-refractivity contribution in [2.75, 3.05) is 19.6 Å². The van der Waals surface area contributed by atoms with E-state index in [2.05, 4.69) is 5.32 Å². The minimum atomic E-state index is 0.165. The van der Waals surface area contributed by atoms with Crippen molar-refractivity contribution in [1.29, 1.82) is 0 Å². The maximum atomic E-state index is 11.9. The quantitative estimate of drug-likeness (QED) is 0.927. The Morgan fingerprint density at radius 2 is 1.95 bits per heavy atom. The molecule has 1 heterocycles. The number of rotatable bonds is 4. The number of hydrogen-bond acceptors (Lipinski definition) is 2. The van der Waals surface area contributed by atoms with Gasteiger partial charge in [0.05, 0.1) is 16.6 Å². The summed E-state index contributed by atoms with van der Waals surface area (Å²) in [6.45, 7) is 2.68. The number of nitrogens with zero attached hydrogens (tertiary/aromatic N) is 1. The highest BCUT2D eigenvalue weighted by Crippen LogP contribution is 2.25. The van der Waals surface area contributed by atoms with E-state index in [1.165, 1.54) is 6.42 Å². The van der Waals surface area contributed by atoms with E-state index in [1.54, 1.807) is 6.07 Å². The average Bonchev–Trinajstić information content (AvgIpc) is 2.44. The minimum absolute atomic E-state index is 0.165. The summed E-state index contributed by atoms with van der Waals surface area (Å²) in [6.07, 6.45) is 3.47. The number of nitrogens with one attached hydrogen (secondary N) is 1. The molecule has 0 atom stereocenters. The fraction of sp³-hybridized carbons (Fsp3) is 0.500. The van der Waals surface area contributed by atoms with Crippen LogP contribution < -0.4 is 5.32 Å². The van der Waals surface area contributed by atoms with Gasteiger partial charge in [-0.05, 0) is 30.9 Å². The van der Waals surface area contributed by atoms with Crippen molar-refractivity contribution in [2.45, 2.75) is 25.8 Å². The molecule has 104 valence electrons. The Morgan fingerprint density at radius 1 is 1.21 bits per heavy atom. The molecule has 1 aliphatic heterocycles. The summed E-state index contributed by atoms with van der Waals surface area (Å²) in [5.74, 6) is 0.165. The van der Waals surface area contributed by atoms with Crippen molar-refractivity contribution in [3.8, 4) is 0 Å². The molecule has 3 nitrogen and oxygen atoms in total. The number of carbonyl (C=O) groups is 1. The van der Waals surface area contributed by atoms with Crippen LogP contribution in [0.2, 0.25) is 10.0 Å². The van der Waals surface area contributed by atoms with Crippen LogP contribution >= 0.6 is 23.2 Å². The van der Waals surface area contributed by atoms with Gasteiger partial charge < -0.3 is 10.2 Å². The molecule has 1 aromatic rings. The zero-order valence-corrected chi connectivity index (χ0v) is 12.3. The summed E-state index contributed by atoms with van der Waals surface area (Å²) < 4.78 is 0. The second kappa shape index (κ2) is 7.13. The smallest absolute Gasteiger partial charge is 0.236 e. The van der Waals surface area contributed by atoms with Gasteiger partial charge in [0.2, 0.25) is 5.91 Å². The second-order valence-corrected chi connectivity index (χ2v) is 5.54. The van der Waals surface area contributed by atoms with E-state index in [4.69, 9.17) is 23.2 Å². The number of amides is 1. The number of halogens is 2. The molecule has 1 aromatic carbocycles. The third-order valence-electron chi connectivity index (χ3n) is 3.33. The Morgan fingerprint density at radius 3 is 2.68 bits per heavy atom. The zero-order chi connectivity index (χ0) is 13.7. The topological polar surface area (TPSA) is 32.3 Å². The molecule has 0 aliphatic carbocycles. The van der Waals surface area contributed by atoms with Gasteiger partial charge in [-0.15, -0.1) is 0 Å². The molecule has 0 aromatic heterocycles. The van der Waals surface area contributed by atoms with Gasteiger partial charge in [-0.2, -0.15) is 0 Å². The van der Waals surface area contributed by atoms with E-state index >= 15 is 0 Å². The van der Waals surface area contributed by atoms with Gasteiger partial charge in [-0.1, -0.05) is 35.3 Å². The summed E-state index contributed by atoms with van der Waals surface area (Å²) in [6, 6.07) is 5.52. The molecule has 0 bridgehead atoms. The zero-order valence-electron chi connectivity index (χ0n) is 10.8. The minimum Gasteiger partial charge on any atom is -0.342 e. The van der Waals surface area contributed by atoms with Crippen molar-refractivity contribution >= 4 is 29.1 Å². The van der Waals surface area contributed by atoms with Crippen molar-refractivity contribution < 1.29 is 4.79 Å². The van der Waals surface area contributed by atoms with Crippen LogP contribution in [0.15, 0.2) is 18.2 Å². The lowest BCUT2D eigenvalue weighted by Crippen LogP contribution is -2.40. The van der Waals surface area contributed by atoms with Crippen molar-refractivity contribution in [2.24, 2.45) is 0 Å². The Kier molecular flexibility index (Phi) is 5.49. The molecule has 1 saturated heterocycles. The van der Waals surface area contributed by atoms with Crippen LogP contribution in [-0.2, 0) is 11.3 Å². The van der Waals surface area contributed by atoms with Gasteiger partial charge in [-0.25, -0.2) is 0 Å². The number of hydrogen-bond donors (Lipinski definition) is 1. The maximum Gasteiger partial charge on any atom is 0.236 e. The standard InChI is InChI=1S/C14H18Cl2N2O/c15-12-6-4-5-11(14(12)16)9-17-10-13(19)18-7-2-1-3-8-18/h4-6,17H,1-3,7-10H2. The van der Waals surface area contributed by atoms with Gasteiger partial charge in [0.25, 0.3) is 0 Å². The summed E-state index contributed by atoms with van der Waals surface area (Å²) in [5.41, 5.74) is 0.917. The molecular formula is C14H18Cl2N2O. The molecule has 1 fully saturated rings. The van der Waals surface area contributed by atoms with E-state index in [9.17, 15) is 4.79 Å². The first kappa shape index (κ1) is 14.6. The van der Waals surface area contributed by atoms with Gasteiger partial charge in [0.1, 0.15) is 0 Å². The molecule has 19 heavy (non-hydrogen) atoms. The molecule has 0 saturated carbocycles. The lowest BCUT2D eigenvalue weighted by molar-refractivity contribution is -0.131. The molecule has 0 spiro atoms. The Bertz CT molecular complexity index is 445. The molecule has 1 amide bonds. The number of likely N-dealkylation sites (tertiary alicyclic amines) is 1. The van der Waals surface area contributed by atoms with Crippen LogP contribution in [0.3, 0.4) is 0 Å². The number of benzene rings is 1. The first-order valence-corrected chi connectivity index (χ1v) is 7.35. The molecular weight excluding hydrogens is 283 g/mol. The van der Waals surface area contributed by atoms with Gasteiger partial charge in [0.15, 0.2) is 0 Å². The van der Waals surface area contributed by atoms with Crippen molar-refractivity contribution in [1.82, 2.24) is 10.2 Å². The number of piperidine rings is 1. The predicted octanol–water partition coefficient (Wildman–Crippen LogP) is 3.10. The third kappa shape index (κ3) is 4.10. The molecule has 2 rings (SSSR count). The first-order chi connectivity index (χ1) is 9.18. The lowest BCUT2D eigenvalue weighted by Gasteiger charge is -2.26. The average molecular weight is 301 g/mol. The molecule has 1 N–H and O–H groups in total. The van der Waals surface area contributed by atoms with Gasteiger partial charge in [0, 0.05) is 19.6 Å². The predicted molar refractivity (Wildman–Crippen MR) is 78.6 cm³/mol. The van der Waals surface area contributed by atoms with E-state index in [1.807, 2.05) is 17.0 Å². The van der Waals surface area contributed by atoms with Crippen molar-refractivity contribution in [3.63, 3.8) is 0 Å². The van der Waals surface area contributed by atoms with Gasteiger partial charge >= 0.3 is 0 Å². The third-order valence-corrected chi connectivity index (χ3v) is 4.19. The molecule has 5 heteroatoms.